The van der Waals surface area contributed by atoms with E-state index in [0.717, 1.165) is 22.9 Å². The minimum atomic E-state index is -0.122. The summed E-state index contributed by atoms with van der Waals surface area (Å²) < 4.78 is 0. The average Bonchev–Trinajstić information content (AvgIpc) is 2.80. The van der Waals surface area contributed by atoms with Crippen molar-refractivity contribution < 1.29 is 4.79 Å². The van der Waals surface area contributed by atoms with Crippen LogP contribution in [0.15, 0.2) is 47.7 Å². The number of fused-ring (bicyclic) bond motifs is 1. The molecule has 0 atom stereocenters. The van der Waals surface area contributed by atoms with Crippen LogP contribution in [0.4, 0.5) is 5.82 Å². The number of aliphatic imine (C=N–C) groups is 1. The number of benzene rings is 2. The number of nitriles is 1. The van der Waals surface area contributed by atoms with Crippen LogP contribution in [0.3, 0.4) is 0 Å². The van der Waals surface area contributed by atoms with Crippen LogP contribution in [0.5, 0.6) is 0 Å². The van der Waals surface area contributed by atoms with E-state index in [9.17, 15) is 10.1 Å². The zero-order valence-electron chi connectivity index (χ0n) is 17.3. The molecule has 0 aliphatic heterocycles. The Labute approximate surface area is 186 Å². The molecule has 3 aromatic rings. The Morgan fingerprint density at radius 3 is 2.84 bits per heavy atom. The lowest BCUT2D eigenvalue weighted by molar-refractivity contribution is 0.0760. The molecular formula is C23H23ClN6O. The third kappa shape index (κ3) is 5.36. The van der Waals surface area contributed by atoms with Gasteiger partial charge in [0.25, 0.3) is 5.91 Å². The Bertz CT molecular complexity index is 1140. The molecule has 0 radical (unpaired) electrons. The fourth-order valence-corrected chi connectivity index (χ4v) is 3.44. The Hall–Kier alpha value is -3.50. The van der Waals surface area contributed by atoms with E-state index in [2.05, 4.69) is 33.1 Å². The van der Waals surface area contributed by atoms with Crippen molar-refractivity contribution in [1.29, 1.82) is 5.26 Å². The summed E-state index contributed by atoms with van der Waals surface area (Å²) in [6, 6.07) is 12.8. The summed E-state index contributed by atoms with van der Waals surface area (Å²) in [5.41, 5.74) is 2.62. The highest BCUT2D eigenvalue weighted by molar-refractivity contribution is 6.33. The molecule has 1 heterocycles. The highest BCUT2D eigenvalue weighted by Crippen LogP contribution is 2.23. The molecule has 1 aromatic heterocycles. The van der Waals surface area contributed by atoms with Crippen molar-refractivity contribution in [3.05, 3.63) is 64.4 Å². The summed E-state index contributed by atoms with van der Waals surface area (Å²) in [6.07, 6.45) is 2.32. The van der Waals surface area contributed by atoms with Gasteiger partial charge in [-0.05, 0) is 49.0 Å². The summed E-state index contributed by atoms with van der Waals surface area (Å²) in [5.74, 6) is 0.498. The van der Waals surface area contributed by atoms with Crippen molar-refractivity contribution >= 4 is 40.9 Å². The maximum absolute atomic E-state index is 13.0. The van der Waals surface area contributed by atoms with E-state index in [1.54, 1.807) is 35.2 Å². The first kappa shape index (κ1) is 22.2. The second kappa shape index (κ2) is 10.5. The smallest absolute Gasteiger partial charge is 0.255 e. The van der Waals surface area contributed by atoms with Gasteiger partial charge in [-0.3, -0.25) is 9.79 Å². The summed E-state index contributed by atoms with van der Waals surface area (Å²) in [4.78, 5) is 27.2. The molecule has 2 aromatic carbocycles. The van der Waals surface area contributed by atoms with Gasteiger partial charge in [-0.25, -0.2) is 9.97 Å². The maximum Gasteiger partial charge on any atom is 0.255 e. The SMILES string of the molecule is C=NCCN(CCC)C(=O)c1cc(CNc2ncnc3ccc(C#N)cc23)ccc1Cl. The molecule has 7 nitrogen and oxygen atoms in total. The number of rotatable bonds is 9. The molecule has 1 N–H and O–H groups in total. The summed E-state index contributed by atoms with van der Waals surface area (Å²) in [5, 5.41) is 13.6. The van der Waals surface area contributed by atoms with Gasteiger partial charge in [-0.1, -0.05) is 24.6 Å². The summed E-state index contributed by atoms with van der Waals surface area (Å²) >= 11 is 6.34. The maximum atomic E-state index is 13.0. The first-order valence-electron chi connectivity index (χ1n) is 9.96. The molecular weight excluding hydrogens is 412 g/mol. The zero-order chi connectivity index (χ0) is 22.2. The predicted molar refractivity (Wildman–Crippen MR) is 124 cm³/mol. The third-order valence-corrected chi connectivity index (χ3v) is 5.12. The molecule has 0 fully saturated rings. The number of amides is 1. The van der Waals surface area contributed by atoms with E-state index in [0.29, 0.717) is 48.1 Å². The Balaban J connectivity index is 1.82. The quantitative estimate of drug-likeness (QED) is 0.506. The van der Waals surface area contributed by atoms with E-state index >= 15 is 0 Å². The van der Waals surface area contributed by atoms with Gasteiger partial charge in [0, 0.05) is 25.0 Å². The molecule has 0 spiro atoms. The number of halogens is 1. The molecule has 158 valence electrons. The van der Waals surface area contributed by atoms with Gasteiger partial charge >= 0.3 is 0 Å². The number of aromatic nitrogens is 2. The van der Waals surface area contributed by atoms with E-state index in [-0.39, 0.29) is 5.91 Å². The van der Waals surface area contributed by atoms with Gasteiger partial charge < -0.3 is 10.2 Å². The molecule has 31 heavy (non-hydrogen) atoms. The number of nitrogens with zero attached hydrogens (tertiary/aromatic N) is 5. The van der Waals surface area contributed by atoms with Crippen LogP contribution < -0.4 is 5.32 Å². The monoisotopic (exact) mass is 434 g/mol. The van der Waals surface area contributed by atoms with E-state index in [1.165, 1.54) is 6.33 Å². The number of nitrogens with one attached hydrogen (secondary N) is 1. The fourth-order valence-electron chi connectivity index (χ4n) is 3.25. The van der Waals surface area contributed by atoms with Gasteiger partial charge in [0.1, 0.15) is 12.1 Å². The molecule has 0 saturated heterocycles. The van der Waals surface area contributed by atoms with Crippen LogP contribution in [-0.4, -0.2) is 47.1 Å². The first-order valence-corrected chi connectivity index (χ1v) is 10.3. The molecule has 0 bridgehead atoms. The van der Waals surface area contributed by atoms with Gasteiger partial charge in [0.2, 0.25) is 0 Å². The van der Waals surface area contributed by atoms with Crippen LogP contribution in [0.1, 0.15) is 34.8 Å². The Morgan fingerprint density at radius 1 is 1.26 bits per heavy atom. The third-order valence-electron chi connectivity index (χ3n) is 4.79. The molecule has 0 aliphatic rings. The Kier molecular flexibility index (Phi) is 7.52. The number of hydrogen-bond acceptors (Lipinski definition) is 6. The number of carbonyl (C=O) groups excluding carboxylic acids is 1. The molecule has 0 aliphatic carbocycles. The second-order valence-corrected chi connectivity index (χ2v) is 7.38. The highest BCUT2D eigenvalue weighted by Gasteiger charge is 2.18. The molecule has 8 heteroatoms. The van der Waals surface area contributed by atoms with Crippen LogP contribution in [0, 0.1) is 11.3 Å². The molecule has 1 amide bonds. The van der Waals surface area contributed by atoms with Gasteiger partial charge in [0.05, 0.1) is 34.3 Å². The van der Waals surface area contributed by atoms with Crippen molar-refractivity contribution in [1.82, 2.24) is 14.9 Å². The number of hydrogen-bond donors (Lipinski definition) is 1. The van der Waals surface area contributed by atoms with Crippen LogP contribution in [-0.2, 0) is 6.54 Å². The fraction of sp³-hybridized carbons (Fsp3) is 0.261. The van der Waals surface area contributed by atoms with Crippen molar-refractivity contribution in [2.45, 2.75) is 19.9 Å². The lowest BCUT2D eigenvalue weighted by Gasteiger charge is -2.22. The van der Waals surface area contributed by atoms with E-state index in [1.807, 2.05) is 13.0 Å². The van der Waals surface area contributed by atoms with Gasteiger partial charge in [-0.15, -0.1) is 0 Å². The predicted octanol–water partition coefficient (Wildman–Crippen LogP) is 4.32. The minimum absolute atomic E-state index is 0.122. The van der Waals surface area contributed by atoms with Crippen LogP contribution in [0.2, 0.25) is 5.02 Å². The van der Waals surface area contributed by atoms with Crippen molar-refractivity contribution in [3.8, 4) is 6.07 Å². The van der Waals surface area contributed by atoms with E-state index in [4.69, 9.17) is 11.6 Å². The molecule has 0 saturated carbocycles. The summed E-state index contributed by atoms with van der Waals surface area (Å²) in [6.45, 7) is 7.56. The largest absolute Gasteiger partial charge is 0.365 e. The minimum Gasteiger partial charge on any atom is -0.365 e. The highest BCUT2D eigenvalue weighted by atomic mass is 35.5. The van der Waals surface area contributed by atoms with Crippen molar-refractivity contribution in [2.75, 3.05) is 25.0 Å². The first-order chi connectivity index (χ1) is 15.1. The average molecular weight is 435 g/mol. The Morgan fingerprint density at radius 2 is 2.10 bits per heavy atom. The number of carbonyl (C=O) groups is 1. The number of anilines is 1. The summed E-state index contributed by atoms with van der Waals surface area (Å²) in [7, 11) is 0. The lowest BCUT2D eigenvalue weighted by Crippen LogP contribution is -2.34. The zero-order valence-corrected chi connectivity index (χ0v) is 18.1. The van der Waals surface area contributed by atoms with E-state index < -0.39 is 0 Å². The van der Waals surface area contributed by atoms with Crippen LogP contribution >= 0.6 is 11.6 Å². The second-order valence-electron chi connectivity index (χ2n) is 6.97. The molecule has 3 rings (SSSR count). The van der Waals surface area contributed by atoms with Crippen molar-refractivity contribution in [2.24, 2.45) is 4.99 Å². The van der Waals surface area contributed by atoms with Gasteiger partial charge in [0.15, 0.2) is 0 Å². The normalized spacial score (nSPS) is 10.5. The van der Waals surface area contributed by atoms with Gasteiger partial charge in [-0.2, -0.15) is 5.26 Å². The standard InChI is InChI=1S/C23H23ClN6O/c1-3-9-30(10-8-26-2)23(31)18-12-17(4-6-20(18)24)14-27-22-19-11-16(13-25)5-7-21(19)28-15-29-22/h4-7,11-12,15H,2-3,8-10,14H2,1H3,(H,27,28,29). The lowest BCUT2D eigenvalue weighted by atomic mass is 10.1. The van der Waals surface area contributed by atoms with Crippen molar-refractivity contribution in [3.63, 3.8) is 0 Å². The van der Waals surface area contributed by atoms with Crippen LogP contribution in [0.25, 0.3) is 10.9 Å². The topological polar surface area (TPSA) is 94.3 Å². The molecule has 0 unspecified atom stereocenters.